The van der Waals surface area contributed by atoms with Gasteiger partial charge in [-0.1, -0.05) is 0 Å². The van der Waals surface area contributed by atoms with E-state index in [0.717, 1.165) is 19.4 Å². The molecule has 0 spiro atoms. The van der Waals surface area contributed by atoms with Crippen LogP contribution < -0.4 is 15.8 Å². The second-order valence-corrected chi connectivity index (χ2v) is 5.13. The third-order valence-electron chi connectivity index (χ3n) is 3.64. The molecule has 1 saturated heterocycles. The molecule has 3 N–H and O–H groups in total. The van der Waals surface area contributed by atoms with Gasteiger partial charge >= 0.3 is 0 Å². The highest BCUT2D eigenvalue weighted by molar-refractivity contribution is 5.96. The van der Waals surface area contributed by atoms with Crippen LogP contribution in [0.15, 0.2) is 24.3 Å². The molecule has 0 radical (unpaired) electrons. The maximum Gasteiger partial charge on any atom is 0.254 e. The summed E-state index contributed by atoms with van der Waals surface area (Å²) < 4.78 is 5.08. The highest BCUT2D eigenvalue weighted by atomic mass is 16.5. The molecule has 1 fully saturated rings. The summed E-state index contributed by atoms with van der Waals surface area (Å²) in [7, 11) is 1.57. The van der Waals surface area contributed by atoms with Crippen molar-refractivity contribution >= 4 is 11.8 Å². The van der Waals surface area contributed by atoms with E-state index in [4.69, 9.17) is 10.5 Å². The van der Waals surface area contributed by atoms with Crippen LogP contribution in [0.25, 0.3) is 0 Å². The Labute approximate surface area is 124 Å². The fourth-order valence-corrected chi connectivity index (χ4v) is 2.53. The molecule has 1 aromatic rings. The predicted octanol–water partition coefficient (Wildman–Crippen LogP) is 0.375. The summed E-state index contributed by atoms with van der Waals surface area (Å²) in [6.45, 7) is 1.57. The molecule has 1 atom stereocenters. The first kappa shape index (κ1) is 15.3. The maximum atomic E-state index is 12.6. The van der Waals surface area contributed by atoms with Crippen molar-refractivity contribution in [3.63, 3.8) is 0 Å². The smallest absolute Gasteiger partial charge is 0.254 e. The van der Waals surface area contributed by atoms with Gasteiger partial charge < -0.3 is 20.7 Å². The zero-order valence-corrected chi connectivity index (χ0v) is 12.2. The summed E-state index contributed by atoms with van der Waals surface area (Å²) in [6.07, 6.45) is 1.86. The van der Waals surface area contributed by atoms with E-state index in [0.29, 0.717) is 17.9 Å². The monoisotopic (exact) mass is 291 g/mol. The minimum Gasteiger partial charge on any atom is -0.497 e. The molecule has 114 valence electrons. The molecule has 2 amide bonds. The van der Waals surface area contributed by atoms with Gasteiger partial charge in [-0.25, -0.2) is 0 Å². The minimum atomic E-state index is -0.498. The number of benzene rings is 1. The van der Waals surface area contributed by atoms with Crippen LogP contribution >= 0.6 is 0 Å². The number of rotatable bonds is 5. The largest absolute Gasteiger partial charge is 0.497 e. The molecular weight excluding hydrogens is 270 g/mol. The van der Waals surface area contributed by atoms with E-state index in [-0.39, 0.29) is 18.5 Å². The molecule has 1 aliphatic rings. The number of carbonyl (C=O) groups excluding carboxylic acids is 2. The quantitative estimate of drug-likeness (QED) is 0.821. The van der Waals surface area contributed by atoms with Gasteiger partial charge in [0.25, 0.3) is 5.91 Å². The lowest BCUT2D eigenvalue weighted by Gasteiger charge is -2.34. The van der Waals surface area contributed by atoms with Crippen molar-refractivity contribution in [1.82, 2.24) is 10.2 Å². The zero-order chi connectivity index (χ0) is 15.2. The molecule has 1 aromatic carbocycles. The van der Waals surface area contributed by atoms with Crippen molar-refractivity contribution < 1.29 is 14.3 Å². The van der Waals surface area contributed by atoms with Gasteiger partial charge in [0.2, 0.25) is 5.91 Å². The van der Waals surface area contributed by atoms with Crippen LogP contribution in [0.2, 0.25) is 0 Å². The number of nitrogens with one attached hydrogen (secondary N) is 1. The summed E-state index contributed by atoms with van der Waals surface area (Å²) in [4.78, 5) is 25.5. The van der Waals surface area contributed by atoms with Crippen LogP contribution in [0, 0.1) is 0 Å². The lowest BCUT2D eigenvalue weighted by atomic mass is 10.0. The van der Waals surface area contributed by atoms with E-state index in [1.165, 1.54) is 0 Å². The number of hydrogen-bond donors (Lipinski definition) is 2. The highest BCUT2D eigenvalue weighted by Gasteiger charge is 2.27. The van der Waals surface area contributed by atoms with Gasteiger partial charge in [0.15, 0.2) is 0 Å². The Morgan fingerprint density at radius 2 is 2.10 bits per heavy atom. The number of piperidine rings is 1. The van der Waals surface area contributed by atoms with Gasteiger partial charge in [-0.2, -0.15) is 0 Å². The fraction of sp³-hybridized carbons (Fsp3) is 0.467. The molecule has 1 aliphatic heterocycles. The van der Waals surface area contributed by atoms with Crippen molar-refractivity contribution in [2.45, 2.75) is 18.9 Å². The normalized spacial score (nSPS) is 18.0. The number of carbonyl (C=O) groups is 2. The van der Waals surface area contributed by atoms with E-state index < -0.39 is 5.91 Å². The standard InChI is InChI=1S/C15H21N3O3/c1-21-13-6-4-11(5-7-13)15(20)18(10-14(16)19)12-3-2-8-17-9-12/h4-7,12,17H,2-3,8-10H2,1H3,(H2,16,19). The van der Waals surface area contributed by atoms with E-state index in [2.05, 4.69) is 5.32 Å². The van der Waals surface area contributed by atoms with Crippen LogP contribution in [0.3, 0.4) is 0 Å². The Morgan fingerprint density at radius 1 is 1.38 bits per heavy atom. The fourth-order valence-electron chi connectivity index (χ4n) is 2.53. The summed E-state index contributed by atoms with van der Waals surface area (Å²) in [5.41, 5.74) is 5.82. The first-order valence-corrected chi connectivity index (χ1v) is 7.06. The van der Waals surface area contributed by atoms with E-state index in [1.807, 2.05) is 0 Å². The van der Waals surface area contributed by atoms with Crippen molar-refractivity contribution in [3.8, 4) is 5.75 Å². The minimum absolute atomic E-state index is 0.000789. The van der Waals surface area contributed by atoms with Crippen molar-refractivity contribution in [1.29, 1.82) is 0 Å². The van der Waals surface area contributed by atoms with Crippen molar-refractivity contribution in [2.75, 3.05) is 26.7 Å². The summed E-state index contributed by atoms with van der Waals surface area (Å²) in [5, 5.41) is 3.25. The third kappa shape index (κ3) is 3.95. The molecule has 0 aromatic heterocycles. The summed E-state index contributed by atoms with van der Waals surface area (Å²) >= 11 is 0. The number of amides is 2. The predicted molar refractivity (Wildman–Crippen MR) is 79.1 cm³/mol. The van der Waals surface area contributed by atoms with E-state index in [9.17, 15) is 9.59 Å². The Balaban J connectivity index is 2.17. The van der Waals surface area contributed by atoms with Gasteiger partial charge in [0, 0.05) is 18.2 Å². The van der Waals surface area contributed by atoms with E-state index in [1.54, 1.807) is 36.3 Å². The van der Waals surface area contributed by atoms with Crippen LogP contribution in [0.5, 0.6) is 5.75 Å². The third-order valence-corrected chi connectivity index (χ3v) is 3.64. The van der Waals surface area contributed by atoms with Crippen molar-refractivity contribution in [2.24, 2.45) is 5.73 Å². The molecule has 6 heteroatoms. The molecular formula is C15H21N3O3. The van der Waals surface area contributed by atoms with Crippen LogP contribution in [0.4, 0.5) is 0 Å². The summed E-state index contributed by atoms with van der Waals surface area (Å²) in [6, 6.07) is 6.86. The zero-order valence-electron chi connectivity index (χ0n) is 12.2. The number of nitrogens with two attached hydrogens (primary N) is 1. The number of hydrogen-bond acceptors (Lipinski definition) is 4. The second kappa shape index (κ2) is 7.08. The lowest BCUT2D eigenvalue weighted by Crippen LogP contribution is -2.51. The molecule has 0 saturated carbocycles. The number of ether oxygens (including phenoxy) is 1. The average Bonchev–Trinajstić information content (AvgIpc) is 2.53. The van der Waals surface area contributed by atoms with Gasteiger partial charge in [-0.05, 0) is 43.7 Å². The molecule has 1 unspecified atom stereocenters. The molecule has 0 bridgehead atoms. The van der Waals surface area contributed by atoms with Crippen LogP contribution in [0.1, 0.15) is 23.2 Å². The molecule has 2 rings (SSSR count). The Kier molecular flexibility index (Phi) is 5.16. The number of primary amides is 1. The Hall–Kier alpha value is -2.08. The summed E-state index contributed by atoms with van der Waals surface area (Å²) in [5.74, 6) is 0.0138. The number of methoxy groups -OCH3 is 1. The first-order valence-electron chi connectivity index (χ1n) is 7.06. The topological polar surface area (TPSA) is 84.7 Å². The molecule has 1 heterocycles. The highest BCUT2D eigenvalue weighted by Crippen LogP contribution is 2.17. The Bertz CT molecular complexity index is 495. The number of nitrogens with zero attached hydrogens (tertiary/aromatic N) is 1. The van der Waals surface area contributed by atoms with Gasteiger partial charge in [0.1, 0.15) is 5.75 Å². The van der Waals surface area contributed by atoms with E-state index >= 15 is 0 Å². The molecule has 6 nitrogen and oxygen atoms in total. The SMILES string of the molecule is COc1ccc(C(=O)N(CC(N)=O)C2CCCNC2)cc1. The second-order valence-electron chi connectivity index (χ2n) is 5.13. The van der Waals surface area contributed by atoms with Gasteiger partial charge in [-0.3, -0.25) is 9.59 Å². The average molecular weight is 291 g/mol. The van der Waals surface area contributed by atoms with Crippen LogP contribution in [-0.2, 0) is 4.79 Å². The van der Waals surface area contributed by atoms with Gasteiger partial charge in [0.05, 0.1) is 13.7 Å². The first-order chi connectivity index (χ1) is 10.1. The maximum absolute atomic E-state index is 12.6. The molecule has 21 heavy (non-hydrogen) atoms. The van der Waals surface area contributed by atoms with Gasteiger partial charge in [-0.15, -0.1) is 0 Å². The Morgan fingerprint density at radius 3 is 2.62 bits per heavy atom. The van der Waals surface area contributed by atoms with Crippen molar-refractivity contribution in [3.05, 3.63) is 29.8 Å². The van der Waals surface area contributed by atoms with Crippen LogP contribution in [-0.4, -0.2) is 49.5 Å². The molecule has 0 aliphatic carbocycles. The lowest BCUT2D eigenvalue weighted by molar-refractivity contribution is -0.119.